The highest BCUT2D eigenvalue weighted by atomic mass is 32.1. The summed E-state index contributed by atoms with van der Waals surface area (Å²) in [5.74, 6) is 0. The van der Waals surface area contributed by atoms with Gasteiger partial charge in [-0.1, -0.05) is 31.2 Å². The van der Waals surface area contributed by atoms with Crippen molar-refractivity contribution in [2.75, 3.05) is 13.6 Å². The molecule has 0 fully saturated rings. The molecule has 2 N–H and O–H groups in total. The Morgan fingerprint density at radius 3 is 2.67 bits per heavy atom. The normalized spacial score (nSPS) is 12.5. The molecule has 114 valence electrons. The van der Waals surface area contributed by atoms with Gasteiger partial charge < -0.3 is 10.6 Å². The molecule has 0 aliphatic rings. The van der Waals surface area contributed by atoms with E-state index in [9.17, 15) is 0 Å². The summed E-state index contributed by atoms with van der Waals surface area (Å²) < 4.78 is 0. The van der Waals surface area contributed by atoms with Crippen LogP contribution in [0.25, 0.3) is 0 Å². The van der Waals surface area contributed by atoms with Gasteiger partial charge in [0, 0.05) is 17.6 Å². The van der Waals surface area contributed by atoms with Crippen molar-refractivity contribution in [3.8, 4) is 0 Å². The van der Waals surface area contributed by atoms with Crippen LogP contribution in [0.15, 0.2) is 30.5 Å². The molecule has 4 heteroatoms. The number of nitrogens with one attached hydrogen (secondary N) is 2. The maximum atomic E-state index is 4.52. The first-order chi connectivity index (χ1) is 10.2. The largest absolute Gasteiger partial charge is 0.319 e. The molecule has 1 heterocycles. The maximum absolute atomic E-state index is 4.52. The summed E-state index contributed by atoms with van der Waals surface area (Å²) >= 11 is 1.81. The zero-order valence-corrected chi connectivity index (χ0v) is 14.0. The van der Waals surface area contributed by atoms with Crippen molar-refractivity contribution >= 4 is 11.3 Å². The van der Waals surface area contributed by atoms with Gasteiger partial charge in [-0.3, -0.25) is 0 Å². The van der Waals surface area contributed by atoms with E-state index in [0.29, 0.717) is 6.04 Å². The molecule has 21 heavy (non-hydrogen) atoms. The van der Waals surface area contributed by atoms with Gasteiger partial charge in [0.05, 0.1) is 6.04 Å². The van der Waals surface area contributed by atoms with Gasteiger partial charge in [0.25, 0.3) is 0 Å². The number of aryl methyl sites for hydroxylation is 1. The average Bonchev–Trinajstić information content (AvgIpc) is 3.00. The van der Waals surface area contributed by atoms with Gasteiger partial charge in [-0.15, -0.1) is 11.3 Å². The number of benzene rings is 1. The third kappa shape index (κ3) is 4.63. The Morgan fingerprint density at radius 2 is 2.00 bits per heavy atom. The van der Waals surface area contributed by atoms with E-state index in [2.05, 4.69) is 53.7 Å². The predicted octanol–water partition coefficient (Wildman–Crippen LogP) is 3.32. The quantitative estimate of drug-likeness (QED) is 0.785. The van der Waals surface area contributed by atoms with E-state index in [0.717, 1.165) is 25.9 Å². The van der Waals surface area contributed by atoms with Crippen LogP contribution in [0.4, 0.5) is 0 Å². The van der Waals surface area contributed by atoms with Crippen LogP contribution in [-0.2, 0) is 19.4 Å². The molecule has 1 unspecified atom stereocenters. The fourth-order valence-corrected chi connectivity index (χ4v) is 3.15. The lowest BCUT2D eigenvalue weighted by molar-refractivity contribution is 0.569. The molecule has 0 aliphatic carbocycles. The smallest absolute Gasteiger partial charge is 0.109 e. The number of hydrogen-bond donors (Lipinski definition) is 2. The van der Waals surface area contributed by atoms with E-state index < -0.39 is 0 Å². The van der Waals surface area contributed by atoms with Crippen LogP contribution < -0.4 is 10.6 Å². The van der Waals surface area contributed by atoms with Gasteiger partial charge in [-0.25, -0.2) is 4.98 Å². The van der Waals surface area contributed by atoms with Gasteiger partial charge in [-0.2, -0.15) is 0 Å². The Hall–Kier alpha value is -1.23. The molecule has 0 bridgehead atoms. The number of hydrogen-bond acceptors (Lipinski definition) is 4. The van der Waals surface area contributed by atoms with Crippen LogP contribution in [-0.4, -0.2) is 18.6 Å². The summed E-state index contributed by atoms with van der Waals surface area (Å²) in [5.41, 5.74) is 2.80. The van der Waals surface area contributed by atoms with E-state index in [-0.39, 0.29) is 0 Å². The van der Waals surface area contributed by atoms with Crippen molar-refractivity contribution in [3.05, 3.63) is 51.5 Å². The van der Waals surface area contributed by atoms with Crippen LogP contribution in [0, 0.1) is 0 Å². The third-order valence-electron chi connectivity index (χ3n) is 3.65. The highest BCUT2D eigenvalue weighted by Gasteiger charge is 2.10. The first-order valence-corrected chi connectivity index (χ1v) is 8.45. The minimum absolute atomic E-state index is 0.299. The number of aromatic nitrogens is 1. The molecule has 1 atom stereocenters. The van der Waals surface area contributed by atoms with Crippen molar-refractivity contribution in [1.82, 2.24) is 15.6 Å². The molecule has 2 aromatic rings. The van der Waals surface area contributed by atoms with E-state index >= 15 is 0 Å². The van der Waals surface area contributed by atoms with Gasteiger partial charge in [0.15, 0.2) is 0 Å². The molecule has 0 aliphatic heterocycles. The summed E-state index contributed by atoms with van der Waals surface area (Å²) in [6.07, 6.45) is 4.14. The number of nitrogens with zero attached hydrogens (tertiary/aromatic N) is 1. The fraction of sp³-hybridized carbons (Fsp3) is 0.471. The molecule has 0 spiro atoms. The molecule has 3 nitrogen and oxygen atoms in total. The van der Waals surface area contributed by atoms with Crippen LogP contribution in [0.2, 0.25) is 0 Å². The second kappa shape index (κ2) is 8.27. The summed E-state index contributed by atoms with van der Waals surface area (Å²) in [4.78, 5) is 5.87. The first kappa shape index (κ1) is 16.1. The van der Waals surface area contributed by atoms with Gasteiger partial charge in [0.2, 0.25) is 0 Å². The van der Waals surface area contributed by atoms with Crippen LogP contribution >= 0.6 is 11.3 Å². The van der Waals surface area contributed by atoms with E-state index in [1.165, 1.54) is 21.0 Å². The fourth-order valence-electron chi connectivity index (χ4n) is 2.27. The summed E-state index contributed by atoms with van der Waals surface area (Å²) in [5, 5.41) is 7.99. The number of rotatable bonds is 8. The molecule has 2 rings (SSSR count). The highest BCUT2D eigenvalue weighted by molar-refractivity contribution is 7.11. The molecule has 1 aromatic carbocycles. The Kier molecular flexibility index (Phi) is 6.36. The number of thiazole rings is 1. The van der Waals surface area contributed by atoms with Crippen molar-refractivity contribution < 1.29 is 0 Å². The van der Waals surface area contributed by atoms with Crippen molar-refractivity contribution in [1.29, 1.82) is 0 Å². The predicted molar refractivity (Wildman–Crippen MR) is 90.8 cm³/mol. The molecule has 0 saturated heterocycles. The van der Waals surface area contributed by atoms with Crippen LogP contribution in [0.1, 0.15) is 40.9 Å². The van der Waals surface area contributed by atoms with Gasteiger partial charge in [0.1, 0.15) is 5.01 Å². The summed E-state index contributed by atoms with van der Waals surface area (Å²) in [6, 6.07) is 8.96. The Morgan fingerprint density at radius 1 is 1.24 bits per heavy atom. The Labute approximate surface area is 131 Å². The summed E-state index contributed by atoms with van der Waals surface area (Å²) in [6.45, 7) is 6.27. The molecule has 1 aromatic heterocycles. The lowest BCUT2D eigenvalue weighted by Gasteiger charge is -2.14. The van der Waals surface area contributed by atoms with E-state index in [1.807, 2.05) is 24.6 Å². The minimum Gasteiger partial charge on any atom is -0.319 e. The van der Waals surface area contributed by atoms with Crippen LogP contribution in [0.3, 0.4) is 0 Å². The average molecular weight is 303 g/mol. The highest BCUT2D eigenvalue weighted by Crippen LogP contribution is 2.21. The standard InChI is InChI=1S/C17H25N3S/c1-4-16-12-20-17(21-16)13(2)19-11-15-8-6-5-7-14(15)9-10-18-3/h5-8,12-13,18-19H,4,9-11H2,1-3H3. The molecular formula is C17H25N3S. The van der Waals surface area contributed by atoms with Gasteiger partial charge in [-0.05, 0) is 44.5 Å². The zero-order valence-electron chi connectivity index (χ0n) is 13.1. The number of likely N-dealkylation sites (N-methyl/N-ethyl adjacent to an activating group) is 1. The van der Waals surface area contributed by atoms with Crippen molar-refractivity contribution in [2.45, 2.75) is 39.3 Å². The van der Waals surface area contributed by atoms with Crippen molar-refractivity contribution in [3.63, 3.8) is 0 Å². The lowest BCUT2D eigenvalue weighted by atomic mass is 10.0. The van der Waals surface area contributed by atoms with E-state index in [4.69, 9.17) is 0 Å². The molecule has 0 radical (unpaired) electrons. The minimum atomic E-state index is 0.299. The second-order valence-electron chi connectivity index (χ2n) is 5.24. The lowest BCUT2D eigenvalue weighted by Crippen LogP contribution is -2.19. The van der Waals surface area contributed by atoms with Crippen molar-refractivity contribution in [2.24, 2.45) is 0 Å². The first-order valence-electron chi connectivity index (χ1n) is 7.64. The monoisotopic (exact) mass is 303 g/mol. The van der Waals surface area contributed by atoms with E-state index in [1.54, 1.807) is 0 Å². The summed E-state index contributed by atoms with van der Waals surface area (Å²) in [7, 11) is 2.00. The van der Waals surface area contributed by atoms with Gasteiger partial charge >= 0.3 is 0 Å². The zero-order chi connectivity index (χ0) is 15.1. The maximum Gasteiger partial charge on any atom is 0.109 e. The molecular weight excluding hydrogens is 278 g/mol. The third-order valence-corrected chi connectivity index (χ3v) is 4.98. The second-order valence-corrected chi connectivity index (χ2v) is 6.39. The Bertz CT molecular complexity index is 550. The Balaban J connectivity index is 1.95. The molecule has 0 amide bonds. The molecule has 0 saturated carbocycles. The van der Waals surface area contributed by atoms with Crippen LogP contribution in [0.5, 0.6) is 0 Å². The topological polar surface area (TPSA) is 37.0 Å². The SMILES string of the molecule is CCc1cnc(C(C)NCc2ccccc2CCNC)s1.